The van der Waals surface area contributed by atoms with Gasteiger partial charge >= 0.3 is 18.3 Å². The molecule has 2 aromatic carbocycles. The molecule has 0 saturated carbocycles. The van der Waals surface area contributed by atoms with Crippen molar-refractivity contribution in [3.63, 3.8) is 0 Å². The van der Waals surface area contributed by atoms with Crippen molar-refractivity contribution in [1.29, 1.82) is 0 Å². The van der Waals surface area contributed by atoms with E-state index in [2.05, 4.69) is 36.5 Å². The first-order valence-corrected chi connectivity index (χ1v) is 12.4. The summed E-state index contributed by atoms with van der Waals surface area (Å²) in [5, 5.41) is 26.3. The van der Waals surface area contributed by atoms with Gasteiger partial charge in [0.2, 0.25) is 5.91 Å². The van der Waals surface area contributed by atoms with Crippen molar-refractivity contribution >= 4 is 40.3 Å². The predicted molar refractivity (Wildman–Crippen MR) is 137 cm³/mol. The monoisotopic (exact) mass is 617 g/mol. The fourth-order valence-corrected chi connectivity index (χ4v) is 4.13. The summed E-state index contributed by atoms with van der Waals surface area (Å²) in [6.45, 7) is -0.882. The number of aliphatic carboxylic acids is 1. The number of fused-ring (bicyclic) bond motifs is 1. The summed E-state index contributed by atoms with van der Waals surface area (Å²) in [4.78, 5) is 40.8. The number of aromatic amines is 1. The minimum atomic E-state index is -5.19. The standard InChI is InChI=1S/C25H22F7N7O4/c26-15-7-34-23(35-8-15)38-18-3-12(4-19-16(18)9-36-39-19)22(43)33-10-20(40)37-17(6-21(41)42)11-1-13(24(27,28)29)5-14(2-11)25(30,31)32/h1-5,9,15,17H,6-8,10H2,(H,33,43)(H,36,39)(H,37,40)(H,41,42)(H2,34,35,38). The number of benzene rings is 2. The fourth-order valence-electron chi connectivity index (χ4n) is 4.13. The molecule has 0 fully saturated rings. The summed E-state index contributed by atoms with van der Waals surface area (Å²) in [6.07, 6.45) is -11.2. The van der Waals surface area contributed by atoms with Gasteiger partial charge in [-0.05, 0) is 35.9 Å². The van der Waals surface area contributed by atoms with Crippen LogP contribution in [0.3, 0.4) is 0 Å². The van der Waals surface area contributed by atoms with Gasteiger partial charge in [-0.1, -0.05) is 0 Å². The molecular formula is C25H22F7N7O4. The summed E-state index contributed by atoms with van der Waals surface area (Å²) in [7, 11) is 0. The Morgan fingerprint density at radius 2 is 1.70 bits per heavy atom. The molecule has 1 aliphatic rings. The van der Waals surface area contributed by atoms with Gasteiger partial charge in [-0.25, -0.2) is 9.38 Å². The van der Waals surface area contributed by atoms with Crippen LogP contribution in [0.5, 0.6) is 0 Å². The van der Waals surface area contributed by atoms with Gasteiger partial charge < -0.3 is 26.4 Å². The second kappa shape index (κ2) is 12.1. The Labute approximate surface area is 236 Å². The summed E-state index contributed by atoms with van der Waals surface area (Å²) in [6, 6.07) is 1.48. The minimum absolute atomic E-state index is 0.00149. The Kier molecular flexibility index (Phi) is 8.77. The molecule has 6 N–H and O–H groups in total. The number of aliphatic imine (C=N–C) groups is 1. The molecule has 0 aliphatic carbocycles. The quantitative estimate of drug-likeness (QED) is 0.211. The summed E-state index contributed by atoms with van der Waals surface area (Å²) < 4.78 is 93.1. The van der Waals surface area contributed by atoms with E-state index in [4.69, 9.17) is 0 Å². The van der Waals surface area contributed by atoms with Crippen molar-refractivity contribution in [2.24, 2.45) is 4.99 Å². The molecule has 11 nitrogen and oxygen atoms in total. The number of hydrogen-bond donors (Lipinski definition) is 6. The van der Waals surface area contributed by atoms with Crippen LogP contribution in [0.1, 0.15) is 39.5 Å². The number of carbonyl (C=O) groups excluding carboxylic acids is 2. The van der Waals surface area contributed by atoms with Crippen LogP contribution < -0.4 is 21.3 Å². The highest BCUT2D eigenvalue weighted by Crippen LogP contribution is 2.38. The van der Waals surface area contributed by atoms with E-state index in [0.717, 1.165) is 0 Å². The number of carboxylic acid groups (broad SMARTS) is 1. The molecule has 43 heavy (non-hydrogen) atoms. The number of guanidine groups is 1. The van der Waals surface area contributed by atoms with Crippen LogP contribution in [-0.2, 0) is 21.9 Å². The molecule has 2 heterocycles. The Balaban J connectivity index is 1.50. The number of halogens is 7. The van der Waals surface area contributed by atoms with Gasteiger partial charge in [0, 0.05) is 10.9 Å². The Hall–Kier alpha value is -4.90. The van der Waals surface area contributed by atoms with Crippen molar-refractivity contribution in [1.82, 2.24) is 26.1 Å². The maximum Gasteiger partial charge on any atom is 0.416 e. The largest absolute Gasteiger partial charge is 0.481 e. The third kappa shape index (κ3) is 7.89. The summed E-state index contributed by atoms with van der Waals surface area (Å²) >= 11 is 0. The molecule has 3 aromatic rings. The molecule has 1 aliphatic heterocycles. The van der Waals surface area contributed by atoms with E-state index in [0.29, 0.717) is 28.7 Å². The molecule has 2 atom stereocenters. The number of carboxylic acids is 1. The first kappa shape index (κ1) is 31.0. The van der Waals surface area contributed by atoms with Gasteiger partial charge in [-0.15, -0.1) is 0 Å². The number of nitrogens with one attached hydrogen (secondary N) is 5. The molecule has 0 radical (unpaired) electrons. The molecule has 0 saturated heterocycles. The first-order chi connectivity index (χ1) is 20.1. The van der Waals surface area contributed by atoms with E-state index in [-0.39, 0.29) is 30.7 Å². The summed E-state index contributed by atoms with van der Waals surface area (Å²) in [5.74, 6) is -3.29. The van der Waals surface area contributed by atoms with E-state index in [1.165, 1.54) is 18.3 Å². The fraction of sp³-hybridized carbons (Fsp3) is 0.320. The lowest BCUT2D eigenvalue weighted by Gasteiger charge is -2.21. The van der Waals surface area contributed by atoms with Crippen LogP contribution in [-0.4, -0.2) is 64.9 Å². The zero-order valence-corrected chi connectivity index (χ0v) is 21.7. The maximum absolute atomic E-state index is 13.4. The van der Waals surface area contributed by atoms with Crippen molar-refractivity contribution in [2.75, 3.05) is 25.0 Å². The lowest BCUT2D eigenvalue weighted by Crippen LogP contribution is -2.41. The molecular weight excluding hydrogens is 595 g/mol. The van der Waals surface area contributed by atoms with E-state index >= 15 is 0 Å². The van der Waals surface area contributed by atoms with E-state index < -0.39 is 72.0 Å². The lowest BCUT2D eigenvalue weighted by atomic mass is 9.97. The van der Waals surface area contributed by atoms with Crippen LogP contribution in [0, 0.1) is 0 Å². The number of nitrogens with zero attached hydrogens (tertiary/aromatic N) is 2. The number of aromatic nitrogens is 2. The second-order valence-corrected chi connectivity index (χ2v) is 9.39. The van der Waals surface area contributed by atoms with Crippen LogP contribution in [0.4, 0.5) is 36.4 Å². The lowest BCUT2D eigenvalue weighted by molar-refractivity contribution is -0.143. The van der Waals surface area contributed by atoms with Gasteiger partial charge in [0.1, 0.15) is 6.17 Å². The maximum atomic E-state index is 13.4. The Morgan fingerprint density at radius 1 is 1.02 bits per heavy atom. The first-order valence-electron chi connectivity index (χ1n) is 12.4. The van der Waals surface area contributed by atoms with Crippen LogP contribution in [0.25, 0.3) is 10.9 Å². The van der Waals surface area contributed by atoms with Crippen molar-refractivity contribution < 1.29 is 50.2 Å². The van der Waals surface area contributed by atoms with Gasteiger partial charge in [0.25, 0.3) is 5.91 Å². The average Bonchev–Trinajstić information content (AvgIpc) is 3.40. The van der Waals surface area contributed by atoms with Gasteiger partial charge in [0.05, 0.1) is 60.6 Å². The van der Waals surface area contributed by atoms with Crippen LogP contribution >= 0.6 is 0 Å². The predicted octanol–water partition coefficient (Wildman–Crippen LogP) is 3.37. The van der Waals surface area contributed by atoms with E-state index in [9.17, 15) is 50.2 Å². The molecule has 2 amide bonds. The Bertz CT molecular complexity index is 1540. The number of rotatable bonds is 8. The highest BCUT2D eigenvalue weighted by atomic mass is 19.4. The van der Waals surface area contributed by atoms with Gasteiger partial charge in [-0.3, -0.25) is 19.5 Å². The highest BCUT2D eigenvalue weighted by molar-refractivity contribution is 6.07. The van der Waals surface area contributed by atoms with Crippen LogP contribution in [0.2, 0.25) is 0 Å². The molecule has 1 aromatic heterocycles. The van der Waals surface area contributed by atoms with Gasteiger partial charge in [0.15, 0.2) is 5.96 Å². The highest BCUT2D eigenvalue weighted by Gasteiger charge is 2.38. The van der Waals surface area contributed by atoms with E-state index in [1.54, 1.807) is 0 Å². The Morgan fingerprint density at radius 3 is 2.28 bits per heavy atom. The summed E-state index contributed by atoms with van der Waals surface area (Å²) in [5.41, 5.74) is -3.38. The number of anilines is 1. The molecule has 230 valence electrons. The van der Waals surface area contributed by atoms with Crippen molar-refractivity contribution in [3.8, 4) is 0 Å². The molecule has 2 unspecified atom stereocenters. The van der Waals surface area contributed by atoms with Gasteiger partial charge in [-0.2, -0.15) is 31.4 Å². The number of carbonyl (C=O) groups is 3. The van der Waals surface area contributed by atoms with Crippen molar-refractivity contribution in [2.45, 2.75) is 31.0 Å². The average molecular weight is 617 g/mol. The topological polar surface area (TPSA) is 161 Å². The molecule has 0 spiro atoms. The zero-order valence-electron chi connectivity index (χ0n) is 21.7. The number of hydrogen-bond acceptors (Lipinski definition) is 7. The third-order valence-corrected chi connectivity index (χ3v) is 6.15. The number of amides is 2. The normalized spacial score (nSPS) is 16.2. The SMILES string of the molecule is O=C(O)CC(NC(=O)CNC(=O)c1cc(NC2=NCC(F)CN2)c2cn[nH]c2c1)c1cc(C(F)(F)F)cc(C(F)(F)F)c1. The smallest absolute Gasteiger partial charge is 0.416 e. The molecule has 4 rings (SSSR count). The number of H-pyrrole nitrogens is 1. The van der Waals surface area contributed by atoms with E-state index in [1.807, 2.05) is 0 Å². The zero-order chi connectivity index (χ0) is 31.5. The molecule has 0 bridgehead atoms. The second-order valence-electron chi connectivity index (χ2n) is 9.39. The van der Waals surface area contributed by atoms with Crippen LogP contribution in [0.15, 0.2) is 41.5 Å². The van der Waals surface area contributed by atoms with Crippen molar-refractivity contribution in [3.05, 3.63) is 58.8 Å². The molecule has 18 heteroatoms. The third-order valence-electron chi connectivity index (χ3n) is 6.15. The minimum Gasteiger partial charge on any atom is -0.481 e. The number of alkyl halides is 7.